The molecule has 0 aromatic heterocycles. The first-order valence-corrected chi connectivity index (χ1v) is 5.10. The van der Waals surface area contributed by atoms with Gasteiger partial charge < -0.3 is 10.1 Å². The molecule has 0 aromatic carbocycles. The van der Waals surface area contributed by atoms with Gasteiger partial charge in [-0.15, -0.1) is 0 Å². The third-order valence-corrected chi connectivity index (χ3v) is 3.46. The van der Waals surface area contributed by atoms with Crippen LogP contribution in [0.25, 0.3) is 0 Å². The summed E-state index contributed by atoms with van der Waals surface area (Å²) < 4.78 is 5.21. The highest BCUT2D eigenvalue weighted by Gasteiger charge is 2.33. The van der Waals surface area contributed by atoms with Gasteiger partial charge in [0.1, 0.15) is 0 Å². The van der Waals surface area contributed by atoms with Crippen LogP contribution in [0.3, 0.4) is 0 Å². The van der Waals surface area contributed by atoms with Crippen LogP contribution < -0.4 is 5.32 Å². The first-order valence-electron chi connectivity index (χ1n) is 5.10. The quantitative estimate of drug-likeness (QED) is 0.672. The molecule has 2 fully saturated rings. The Labute approximate surface area is 74.7 Å². The highest BCUT2D eigenvalue weighted by Crippen LogP contribution is 2.35. The number of hydrogen-bond donors (Lipinski definition) is 1. The second-order valence-electron chi connectivity index (χ2n) is 4.31. The molecule has 0 radical (unpaired) electrons. The maximum atomic E-state index is 5.21. The molecule has 1 saturated heterocycles. The van der Waals surface area contributed by atoms with Crippen LogP contribution in [0.15, 0.2) is 0 Å². The van der Waals surface area contributed by atoms with Gasteiger partial charge in [-0.05, 0) is 50.1 Å². The Hall–Kier alpha value is -0.0800. The lowest BCUT2D eigenvalue weighted by atomic mass is 9.76. The molecule has 0 amide bonds. The van der Waals surface area contributed by atoms with E-state index in [-0.39, 0.29) is 0 Å². The monoisotopic (exact) mass is 169 g/mol. The zero-order valence-corrected chi connectivity index (χ0v) is 7.88. The smallest absolute Gasteiger partial charge is 0.0490 e. The van der Waals surface area contributed by atoms with E-state index in [1.165, 1.54) is 32.4 Å². The van der Waals surface area contributed by atoms with E-state index in [0.29, 0.717) is 0 Å². The van der Waals surface area contributed by atoms with Gasteiger partial charge in [0.2, 0.25) is 0 Å². The lowest BCUT2D eigenvalue weighted by molar-refractivity contribution is 0.104. The number of hydrogen-bond acceptors (Lipinski definition) is 2. The lowest BCUT2D eigenvalue weighted by Gasteiger charge is -2.30. The first kappa shape index (κ1) is 8.52. The lowest BCUT2D eigenvalue weighted by Crippen LogP contribution is -2.25. The van der Waals surface area contributed by atoms with Crippen LogP contribution in [0.2, 0.25) is 0 Å². The Balaban J connectivity index is 1.84. The molecule has 3 unspecified atom stereocenters. The van der Waals surface area contributed by atoms with Crippen LogP contribution in [0.4, 0.5) is 0 Å². The van der Waals surface area contributed by atoms with Gasteiger partial charge in [0.05, 0.1) is 0 Å². The van der Waals surface area contributed by atoms with Crippen LogP contribution in [-0.2, 0) is 4.74 Å². The predicted molar refractivity (Wildman–Crippen MR) is 49.1 cm³/mol. The van der Waals surface area contributed by atoms with Gasteiger partial charge in [0.25, 0.3) is 0 Å². The van der Waals surface area contributed by atoms with Crippen molar-refractivity contribution in [2.75, 3.05) is 26.8 Å². The molecule has 1 heterocycles. The van der Waals surface area contributed by atoms with Crippen LogP contribution in [-0.4, -0.2) is 26.8 Å². The van der Waals surface area contributed by atoms with Crippen molar-refractivity contribution >= 4 is 0 Å². The van der Waals surface area contributed by atoms with E-state index in [4.69, 9.17) is 4.74 Å². The van der Waals surface area contributed by atoms with Gasteiger partial charge in [0.15, 0.2) is 0 Å². The summed E-state index contributed by atoms with van der Waals surface area (Å²) in [4.78, 5) is 0. The summed E-state index contributed by atoms with van der Waals surface area (Å²) in [5, 5.41) is 3.49. The molecule has 12 heavy (non-hydrogen) atoms. The summed E-state index contributed by atoms with van der Waals surface area (Å²) >= 11 is 0. The van der Waals surface area contributed by atoms with Crippen molar-refractivity contribution in [1.29, 1.82) is 0 Å². The molecule has 1 aliphatic carbocycles. The first-order chi connectivity index (χ1) is 5.90. The van der Waals surface area contributed by atoms with E-state index < -0.39 is 0 Å². The highest BCUT2D eigenvalue weighted by molar-refractivity contribution is 4.87. The molecule has 2 nitrogen and oxygen atoms in total. The second-order valence-corrected chi connectivity index (χ2v) is 4.31. The Morgan fingerprint density at radius 2 is 2.08 bits per heavy atom. The molecule has 0 bridgehead atoms. The normalized spacial score (nSPS) is 41.2. The van der Waals surface area contributed by atoms with Crippen molar-refractivity contribution in [2.24, 2.45) is 17.8 Å². The molecule has 0 aromatic rings. The Morgan fingerprint density at radius 3 is 2.92 bits per heavy atom. The maximum Gasteiger partial charge on any atom is 0.0490 e. The topological polar surface area (TPSA) is 21.3 Å². The van der Waals surface area contributed by atoms with Crippen LogP contribution >= 0.6 is 0 Å². The molecule has 2 aliphatic rings. The summed E-state index contributed by atoms with van der Waals surface area (Å²) in [5.74, 6) is 2.79. The molecule has 1 saturated carbocycles. The van der Waals surface area contributed by atoms with E-state index >= 15 is 0 Å². The van der Waals surface area contributed by atoms with E-state index in [0.717, 1.165) is 24.4 Å². The van der Waals surface area contributed by atoms with E-state index in [2.05, 4.69) is 5.32 Å². The van der Waals surface area contributed by atoms with Gasteiger partial charge in [-0.25, -0.2) is 0 Å². The fourth-order valence-electron chi connectivity index (χ4n) is 2.78. The van der Waals surface area contributed by atoms with Crippen molar-refractivity contribution in [3.8, 4) is 0 Å². The van der Waals surface area contributed by atoms with Crippen molar-refractivity contribution in [3.05, 3.63) is 0 Å². The van der Waals surface area contributed by atoms with Crippen molar-refractivity contribution in [3.63, 3.8) is 0 Å². The standard InChI is InChI=1S/C10H19NO/c1-12-7-8-2-3-9-5-11-6-10(9)4-8/h8-11H,2-7H2,1H3. The number of nitrogens with one attached hydrogen (secondary N) is 1. The average molecular weight is 169 g/mol. The summed E-state index contributed by atoms with van der Waals surface area (Å²) in [5.41, 5.74) is 0. The Morgan fingerprint density at radius 1 is 1.25 bits per heavy atom. The van der Waals surface area contributed by atoms with Crippen molar-refractivity contribution < 1.29 is 4.74 Å². The summed E-state index contributed by atoms with van der Waals surface area (Å²) in [6.45, 7) is 3.50. The molecule has 2 rings (SSSR count). The fourth-order valence-corrected chi connectivity index (χ4v) is 2.78. The number of fused-ring (bicyclic) bond motifs is 1. The zero-order chi connectivity index (χ0) is 8.39. The minimum Gasteiger partial charge on any atom is -0.384 e. The van der Waals surface area contributed by atoms with Gasteiger partial charge in [-0.1, -0.05) is 0 Å². The molecular formula is C10H19NO. The SMILES string of the molecule is COCC1CCC2CNCC2C1. The fraction of sp³-hybridized carbons (Fsp3) is 1.00. The molecule has 0 spiro atoms. The van der Waals surface area contributed by atoms with Gasteiger partial charge in [0, 0.05) is 13.7 Å². The van der Waals surface area contributed by atoms with E-state index in [1.54, 1.807) is 0 Å². The molecule has 2 heteroatoms. The average Bonchev–Trinajstić information content (AvgIpc) is 2.51. The van der Waals surface area contributed by atoms with Crippen LogP contribution in [0, 0.1) is 17.8 Å². The highest BCUT2D eigenvalue weighted by atomic mass is 16.5. The van der Waals surface area contributed by atoms with Crippen molar-refractivity contribution in [2.45, 2.75) is 19.3 Å². The Kier molecular flexibility index (Phi) is 2.66. The summed E-state index contributed by atoms with van der Waals surface area (Å²) in [7, 11) is 1.82. The number of ether oxygens (including phenoxy) is 1. The number of methoxy groups -OCH3 is 1. The van der Waals surface area contributed by atoms with Crippen LogP contribution in [0.1, 0.15) is 19.3 Å². The molecule has 3 atom stereocenters. The molecule has 70 valence electrons. The minimum absolute atomic E-state index is 0.844. The largest absolute Gasteiger partial charge is 0.384 e. The predicted octanol–water partition coefficient (Wildman–Crippen LogP) is 1.27. The van der Waals surface area contributed by atoms with Crippen LogP contribution in [0.5, 0.6) is 0 Å². The summed E-state index contributed by atoms with van der Waals surface area (Å²) in [6, 6.07) is 0. The second kappa shape index (κ2) is 3.75. The number of rotatable bonds is 2. The molecule has 1 N–H and O–H groups in total. The van der Waals surface area contributed by atoms with Crippen molar-refractivity contribution in [1.82, 2.24) is 5.32 Å². The maximum absolute atomic E-state index is 5.21. The van der Waals surface area contributed by atoms with Gasteiger partial charge in [-0.3, -0.25) is 0 Å². The molecule has 1 aliphatic heterocycles. The van der Waals surface area contributed by atoms with E-state index in [1.807, 2.05) is 7.11 Å². The van der Waals surface area contributed by atoms with Gasteiger partial charge in [-0.2, -0.15) is 0 Å². The third-order valence-electron chi connectivity index (χ3n) is 3.46. The Bertz CT molecular complexity index is 149. The third kappa shape index (κ3) is 1.64. The summed E-state index contributed by atoms with van der Waals surface area (Å²) in [6.07, 6.45) is 4.20. The molecular weight excluding hydrogens is 150 g/mol. The zero-order valence-electron chi connectivity index (χ0n) is 7.88. The van der Waals surface area contributed by atoms with Gasteiger partial charge >= 0.3 is 0 Å². The van der Waals surface area contributed by atoms with E-state index in [9.17, 15) is 0 Å². The minimum atomic E-state index is 0.844.